The van der Waals surface area contributed by atoms with Gasteiger partial charge in [-0.1, -0.05) is 48.0 Å². The smallest absolute Gasteiger partial charge is 0.221 e. The maximum Gasteiger partial charge on any atom is 0.221 e. The van der Waals surface area contributed by atoms with Gasteiger partial charge in [0.25, 0.3) is 0 Å². The number of ether oxygens (including phenoxy) is 1. The second-order valence-corrected chi connectivity index (χ2v) is 5.64. The van der Waals surface area contributed by atoms with Crippen LogP contribution < -0.4 is 15.8 Å². The second kappa shape index (κ2) is 8.34. The van der Waals surface area contributed by atoms with Crippen molar-refractivity contribution in [3.8, 4) is 5.75 Å². The van der Waals surface area contributed by atoms with Gasteiger partial charge in [-0.2, -0.15) is 0 Å². The van der Waals surface area contributed by atoms with E-state index in [2.05, 4.69) is 11.4 Å². The second-order valence-electron chi connectivity index (χ2n) is 5.64. The first-order valence-electron chi connectivity index (χ1n) is 7.81. The topological polar surface area (TPSA) is 64.3 Å². The maximum atomic E-state index is 12.0. The van der Waals surface area contributed by atoms with Gasteiger partial charge in [0.15, 0.2) is 0 Å². The number of carbonyl (C=O) groups is 1. The molecule has 4 heteroatoms. The van der Waals surface area contributed by atoms with Gasteiger partial charge < -0.3 is 15.8 Å². The Labute approximate surface area is 137 Å². The van der Waals surface area contributed by atoms with Gasteiger partial charge in [-0.05, 0) is 30.5 Å². The van der Waals surface area contributed by atoms with Crippen LogP contribution in [0.25, 0.3) is 0 Å². The summed E-state index contributed by atoms with van der Waals surface area (Å²) in [4.78, 5) is 12.0. The molecule has 2 rings (SSSR count). The molecule has 0 spiro atoms. The summed E-state index contributed by atoms with van der Waals surface area (Å²) in [6.07, 6.45) is 1.02. The van der Waals surface area contributed by atoms with Gasteiger partial charge in [-0.15, -0.1) is 0 Å². The quantitative estimate of drug-likeness (QED) is 0.826. The molecule has 0 saturated carbocycles. The Bertz CT molecular complexity index is 641. The van der Waals surface area contributed by atoms with E-state index in [4.69, 9.17) is 10.5 Å². The fraction of sp³-hybridized carbons (Fsp3) is 0.316. The van der Waals surface area contributed by atoms with Crippen LogP contribution in [0.4, 0.5) is 0 Å². The molecule has 23 heavy (non-hydrogen) atoms. The maximum absolute atomic E-state index is 12.0. The van der Waals surface area contributed by atoms with E-state index in [1.165, 1.54) is 5.56 Å². The molecular weight excluding hydrogens is 288 g/mol. The van der Waals surface area contributed by atoms with Crippen LogP contribution in [0.15, 0.2) is 48.5 Å². The lowest BCUT2D eigenvalue weighted by Crippen LogP contribution is -2.29. The predicted octanol–water partition coefficient (Wildman–Crippen LogP) is 2.75. The third kappa shape index (κ3) is 5.11. The van der Waals surface area contributed by atoms with Crippen molar-refractivity contribution in [2.24, 2.45) is 5.73 Å². The summed E-state index contributed by atoms with van der Waals surface area (Å²) in [6, 6.07) is 15.5. The number of hydrogen-bond donors (Lipinski definition) is 2. The SMILES string of the molecule is COc1ccc(C)cc1CCNC(=O)CC(N)c1ccccc1. The van der Waals surface area contributed by atoms with Crippen LogP contribution in [0.5, 0.6) is 5.75 Å². The molecule has 3 N–H and O–H groups in total. The third-order valence-electron chi connectivity index (χ3n) is 3.79. The molecule has 4 nitrogen and oxygen atoms in total. The van der Waals surface area contributed by atoms with Crippen LogP contribution in [-0.2, 0) is 11.2 Å². The number of aryl methyl sites for hydroxylation is 1. The number of rotatable bonds is 7. The van der Waals surface area contributed by atoms with Crippen LogP contribution >= 0.6 is 0 Å². The van der Waals surface area contributed by atoms with Gasteiger partial charge in [-0.25, -0.2) is 0 Å². The van der Waals surface area contributed by atoms with Crippen molar-refractivity contribution < 1.29 is 9.53 Å². The largest absolute Gasteiger partial charge is 0.496 e. The fourth-order valence-corrected chi connectivity index (χ4v) is 2.53. The van der Waals surface area contributed by atoms with E-state index in [0.29, 0.717) is 6.54 Å². The zero-order chi connectivity index (χ0) is 16.7. The highest BCUT2D eigenvalue weighted by Gasteiger charge is 2.11. The number of hydrogen-bond acceptors (Lipinski definition) is 3. The molecule has 0 heterocycles. The number of nitrogens with one attached hydrogen (secondary N) is 1. The monoisotopic (exact) mass is 312 g/mol. The highest BCUT2D eigenvalue weighted by atomic mass is 16.5. The van der Waals surface area contributed by atoms with Gasteiger partial charge in [-0.3, -0.25) is 4.79 Å². The lowest BCUT2D eigenvalue weighted by molar-refractivity contribution is -0.121. The minimum Gasteiger partial charge on any atom is -0.496 e. The number of benzene rings is 2. The lowest BCUT2D eigenvalue weighted by Gasteiger charge is -2.13. The van der Waals surface area contributed by atoms with Crippen molar-refractivity contribution in [3.05, 3.63) is 65.2 Å². The lowest BCUT2D eigenvalue weighted by atomic mass is 10.0. The summed E-state index contributed by atoms with van der Waals surface area (Å²) in [7, 11) is 1.66. The highest BCUT2D eigenvalue weighted by molar-refractivity contribution is 5.76. The number of amides is 1. The normalized spacial score (nSPS) is 11.8. The van der Waals surface area contributed by atoms with Crippen LogP contribution in [0, 0.1) is 6.92 Å². The zero-order valence-electron chi connectivity index (χ0n) is 13.7. The van der Waals surface area contributed by atoms with Crippen molar-refractivity contribution in [3.63, 3.8) is 0 Å². The van der Waals surface area contributed by atoms with Gasteiger partial charge in [0, 0.05) is 19.0 Å². The number of methoxy groups -OCH3 is 1. The Hall–Kier alpha value is -2.33. The molecule has 0 aromatic heterocycles. The Balaban J connectivity index is 1.82. The molecule has 0 aliphatic rings. The first-order valence-corrected chi connectivity index (χ1v) is 7.81. The summed E-state index contributed by atoms with van der Waals surface area (Å²) in [6.45, 7) is 2.61. The van der Waals surface area contributed by atoms with Crippen molar-refractivity contribution >= 4 is 5.91 Å². The summed E-state index contributed by atoms with van der Waals surface area (Å²) in [5, 5.41) is 2.93. The zero-order valence-corrected chi connectivity index (χ0v) is 13.7. The molecule has 0 saturated heterocycles. The summed E-state index contributed by atoms with van der Waals surface area (Å²) in [5.74, 6) is 0.818. The molecular formula is C19H24N2O2. The summed E-state index contributed by atoms with van der Waals surface area (Å²) < 4.78 is 5.35. The van der Waals surface area contributed by atoms with E-state index >= 15 is 0 Å². The number of carbonyl (C=O) groups excluding carboxylic acids is 1. The molecule has 0 radical (unpaired) electrons. The first-order chi connectivity index (χ1) is 11.1. The van der Waals surface area contributed by atoms with Crippen molar-refractivity contribution in [1.29, 1.82) is 0 Å². The molecule has 0 aliphatic heterocycles. The van der Waals surface area contributed by atoms with Crippen molar-refractivity contribution in [2.45, 2.75) is 25.8 Å². The minimum absolute atomic E-state index is 0.0343. The predicted molar refractivity (Wildman–Crippen MR) is 92.4 cm³/mol. The fourth-order valence-electron chi connectivity index (χ4n) is 2.53. The van der Waals surface area contributed by atoms with Crippen LogP contribution in [0.1, 0.15) is 29.2 Å². The van der Waals surface area contributed by atoms with Crippen molar-refractivity contribution in [2.75, 3.05) is 13.7 Å². The molecule has 2 aromatic carbocycles. The van der Waals surface area contributed by atoms with Gasteiger partial charge in [0.2, 0.25) is 5.91 Å². The molecule has 1 unspecified atom stereocenters. The molecule has 2 aromatic rings. The van der Waals surface area contributed by atoms with Gasteiger partial charge in [0.1, 0.15) is 5.75 Å². The Morgan fingerprint density at radius 2 is 1.96 bits per heavy atom. The van der Waals surface area contributed by atoms with E-state index in [-0.39, 0.29) is 18.4 Å². The molecule has 1 amide bonds. The number of nitrogens with two attached hydrogens (primary N) is 1. The van der Waals surface area contributed by atoms with E-state index in [9.17, 15) is 4.79 Å². The summed E-state index contributed by atoms with van der Waals surface area (Å²) in [5.41, 5.74) is 9.31. The van der Waals surface area contributed by atoms with Gasteiger partial charge in [0.05, 0.1) is 7.11 Å². The Morgan fingerprint density at radius 1 is 1.22 bits per heavy atom. The standard InChI is InChI=1S/C19H24N2O2/c1-14-8-9-18(23-2)16(12-14)10-11-21-19(22)13-17(20)15-6-4-3-5-7-15/h3-9,12,17H,10-11,13,20H2,1-2H3,(H,21,22). The van der Waals surface area contributed by atoms with E-state index in [1.54, 1.807) is 7.11 Å². The van der Waals surface area contributed by atoms with Gasteiger partial charge >= 0.3 is 0 Å². The first kappa shape index (κ1) is 17.0. The van der Waals surface area contributed by atoms with E-state index in [1.807, 2.05) is 49.4 Å². The van der Waals surface area contributed by atoms with E-state index < -0.39 is 0 Å². The average molecular weight is 312 g/mol. The minimum atomic E-state index is -0.273. The average Bonchev–Trinajstić information content (AvgIpc) is 2.56. The van der Waals surface area contributed by atoms with Crippen LogP contribution in [0.2, 0.25) is 0 Å². The van der Waals surface area contributed by atoms with E-state index in [0.717, 1.165) is 23.3 Å². The van der Waals surface area contributed by atoms with Crippen molar-refractivity contribution in [1.82, 2.24) is 5.32 Å². The molecule has 122 valence electrons. The Morgan fingerprint density at radius 3 is 2.65 bits per heavy atom. The molecule has 1 atom stereocenters. The highest BCUT2D eigenvalue weighted by Crippen LogP contribution is 2.20. The Kier molecular flexibility index (Phi) is 6.18. The third-order valence-corrected chi connectivity index (χ3v) is 3.79. The molecule has 0 aliphatic carbocycles. The van der Waals surface area contributed by atoms with Crippen LogP contribution in [-0.4, -0.2) is 19.6 Å². The van der Waals surface area contributed by atoms with Crippen LogP contribution in [0.3, 0.4) is 0 Å². The molecule has 0 fully saturated rings. The molecule has 0 bridgehead atoms. The summed E-state index contributed by atoms with van der Waals surface area (Å²) >= 11 is 0.